The van der Waals surface area contributed by atoms with Crippen molar-refractivity contribution in [3.05, 3.63) is 6.33 Å². The maximum absolute atomic E-state index is 10.1. The van der Waals surface area contributed by atoms with Crippen LogP contribution >= 0.6 is 11.8 Å². The number of nitrogen functional groups attached to an aromatic ring is 2. The zero-order chi connectivity index (χ0) is 14.4. The van der Waals surface area contributed by atoms with E-state index in [0.717, 1.165) is 0 Å². The van der Waals surface area contributed by atoms with Crippen LogP contribution in [-0.2, 0) is 0 Å². The van der Waals surface area contributed by atoms with Crippen molar-refractivity contribution in [3.8, 4) is 0 Å². The summed E-state index contributed by atoms with van der Waals surface area (Å²) in [5.41, 5.74) is 12.1. The average molecular weight is 298 g/mol. The van der Waals surface area contributed by atoms with Crippen molar-refractivity contribution in [1.29, 1.82) is 0 Å². The van der Waals surface area contributed by atoms with E-state index in [1.165, 1.54) is 18.1 Å². The number of hydrogen-bond donors (Lipinski definition) is 5. The SMILES string of the molecule is Nc1nc(N)c2ncn([C@H]3S[C@@H](CO)[C@H](O)[C@H]3O)c2n1. The fraction of sp³-hybridized carbons (Fsp3) is 0.500. The van der Waals surface area contributed by atoms with Gasteiger partial charge in [0.25, 0.3) is 0 Å². The molecule has 7 N–H and O–H groups in total. The highest BCUT2D eigenvalue weighted by molar-refractivity contribution is 8.00. The van der Waals surface area contributed by atoms with Gasteiger partial charge in [0.2, 0.25) is 5.95 Å². The van der Waals surface area contributed by atoms with Crippen LogP contribution in [0.15, 0.2) is 6.33 Å². The molecule has 10 heteroatoms. The highest BCUT2D eigenvalue weighted by Crippen LogP contribution is 2.42. The first-order valence-corrected chi connectivity index (χ1v) is 6.85. The highest BCUT2D eigenvalue weighted by Gasteiger charge is 2.43. The fourth-order valence-electron chi connectivity index (χ4n) is 2.25. The van der Waals surface area contributed by atoms with Crippen LogP contribution in [0.25, 0.3) is 11.2 Å². The molecule has 1 saturated heterocycles. The van der Waals surface area contributed by atoms with Gasteiger partial charge in [0.15, 0.2) is 11.5 Å². The molecule has 0 unspecified atom stereocenters. The van der Waals surface area contributed by atoms with Crippen LogP contribution in [0.1, 0.15) is 5.37 Å². The molecule has 0 aromatic carbocycles. The standard InChI is InChI=1S/C10H14N6O3S/c11-7-4-8(15-10(12)14-7)16(2-13-4)9-6(19)5(18)3(1-17)20-9/h2-3,5-6,9,17-19H,1H2,(H4,11,12,14,15)/t3-,5-,6+,9-/m0/s1. The third-order valence-corrected chi connectivity index (χ3v) is 4.82. The van der Waals surface area contributed by atoms with Crippen LogP contribution in [-0.4, -0.2) is 58.9 Å². The Bertz CT molecular complexity index is 649. The van der Waals surface area contributed by atoms with Crippen LogP contribution in [0, 0.1) is 0 Å². The molecule has 0 spiro atoms. The molecule has 0 aliphatic carbocycles. The second kappa shape index (κ2) is 4.74. The van der Waals surface area contributed by atoms with E-state index in [-0.39, 0.29) is 18.4 Å². The molecule has 0 bridgehead atoms. The Kier molecular flexibility index (Phi) is 3.17. The Morgan fingerprint density at radius 3 is 2.65 bits per heavy atom. The van der Waals surface area contributed by atoms with E-state index in [0.29, 0.717) is 11.2 Å². The number of aromatic nitrogens is 4. The summed E-state index contributed by atoms with van der Waals surface area (Å²) in [4.78, 5) is 12.0. The van der Waals surface area contributed by atoms with Gasteiger partial charge in [-0.3, -0.25) is 4.57 Å². The van der Waals surface area contributed by atoms with Gasteiger partial charge in [-0.25, -0.2) is 4.98 Å². The quantitative estimate of drug-likeness (QED) is 0.436. The molecule has 2 aromatic heterocycles. The summed E-state index contributed by atoms with van der Waals surface area (Å²) in [6.45, 7) is -0.231. The minimum atomic E-state index is -1.05. The molecule has 20 heavy (non-hydrogen) atoms. The van der Waals surface area contributed by atoms with Crippen molar-refractivity contribution >= 4 is 34.7 Å². The van der Waals surface area contributed by atoms with Gasteiger partial charge in [0.05, 0.1) is 24.3 Å². The lowest BCUT2D eigenvalue weighted by atomic mass is 10.1. The minimum absolute atomic E-state index is 0.00786. The molecule has 3 rings (SSSR count). The van der Waals surface area contributed by atoms with Gasteiger partial charge in [-0.05, 0) is 0 Å². The molecular weight excluding hydrogens is 284 g/mol. The smallest absolute Gasteiger partial charge is 0.224 e. The number of nitrogens with two attached hydrogens (primary N) is 2. The van der Waals surface area contributed by atoms with E-state index in [2.05, 4.69) is 15.0 Å². The molecule has 1 aliphatic rings. The predicted octanol–water partition coefficient (Wildman–Crippen LogP) is -1.68. The first-order valence-electron chi connectivity index (χ1n) is 5.91. The molecule has 1 fully saturated rings. The van der Waals surface area contributed by atoms with Crippen LogP contribution in [0.4, 0.5) is 11.8 Å². The minimum Gasteiger partial charge on any atom is -0.395 e. The molecule has 0 saturated carbocycles. The number of aliphatic hydroxyl groups is 3. The molecular formula is C10H14N6O3S. The van der Waals surface area contributed by atoms with Crippen LogP contribution in [0.5, 0.6) is 0 Å². The second-order valence-electron chi connectivity index (χ2n) is 4.52. The summed E-state index contributed by atoms with van der Waals surface area (Å²) in [5.74, 6) is 0.163. The number of anilines is 2. The van der Waals surface area contributed by atoms with E-state index >= 15 is 0 Å². The van der Waals surface area contributed by atoms with Crippen LogP contribution < -0.4 is 11.5 Å². The van der Waals surface area contributed by atoms with Crippen molar-refractivity contribution in [2.75, 3.05) is 18.1 Å². The van der Waals surface area contributed by atoms with Gasteiger partial charge in [-0.15, -0.1) is 11.8 Å². The Morgan fingerprint density at radius 2 is 2.00 bits per heavy atom. The van der Waals surface area contributed by atoms with Gasteiger partial charge in [-0.1, -0.05) is 0 Å². The summed E-state index contributed by atoms with van der Waals surface area (Å²) in [7, 11) is 0. The summed E-state index contributed by atoms with van der Waals surface area (Å²) < 4.78 is 1.58. The number of nitrogens with zero attached hydrogens (tertiary/aromatic N) is 4. The van der Waals surface area contributed by atoms with Crippen molar-refractivity contribution in [2.45, 2.75) is 22.8 Å². The Balaban J connectivity index is 2.07. The largest absolute Gasteiger partial charge is 0.395 e. The molecule has 4 atom stereocenters. The highest BCUT2D eigenvalue weighted by atomic mass is 32.2. The second-order valence-corrected chi connectivity index (χ2v) is 5.88. The first-order chi connectivity index (χ1) is 9.52. The van der Waals surface area contributed by atoms with E-state index in [1.54, 1.807) is 4.57 Å². The van der Waals surface area contributed by atoms with E-state index in [4.69, 9.17) is 11.5 Å². The molecule has 0 radical (unpaired) electrons. The number of hydrogen-bond acceptors (Lipinski definition) is 9. The third-order valence-electron chi connectivity index (χ3n) is 3.26. The fourth-order valence-corrected chi connectivity index (χ4v) is 3.63. The predicted molar refractivity (Wildman–Crippen MR) is 73.7 cm³/mol. The van der Waals surface area contributed by atoms with Gasteiger partial charge in [-0.2, -0.15) is 9.97 Å². The molecule has 108 valence electrons. The lowest BCUT2D eigenvalue weighted by Gasteiger charge is -2.17. The summed E-state index contributed by atoms with van der Waals surface area (Å²) in [6.07, 6.45) is -0.612. The Labute approximate surface area is 117 Å². The maximum atomic E-state index is 10.1. The Morgan fingerprint density at radius 1 is 1.25 bits per heavy atom. The third kappa shape index (κ3) is 1.88. The zero-order valence-corrected chi connectivity index (χ0v) is 11.1. The molecule has 9 nitrogen and oxygen atoms in total. The van der Waals surface area contributed by atoms with Crippen molar-refractivity contribution in [3.63, 3.8) is 0 Å². The number of aliphatic hydroxyl groups excluding tert-OH is 3. The van der Waals surface area contributed by atoms with Crippen molar-refractivity contribution < 1.29 is 15.3 Å². The normalized spacial score (nSPS) is 30.1. The monoisotopic (exact) mass is 298 g/mol. The number of rotatable bonds is 2. The first kappa shape index (κ1) is 13.4. The number of imidazole rings is 1. The average Bonchev–Trinajstić information content (AvgIpc) is 2.93. The molecule has 1 aliphatic heterocycles. The maximum Gasteiger partial charge on any atom is 0.224 e. The summed E-state index contributed by atoms with van der Waals surface area (Å²) in [5, 5.41) is 28.1. The van der Waals surface area contributed by atoms with Gasteiger partial charge < -0.3 is 26.8 Å². The summed E-state index contributed by atoms with van der Waals surface area (Å²) in [6, 6.07) is 0. The van der Waals surface area contributed by atoms with E-state index in [9.17, 15) is 15.3 Å². The van der Waals surface area contributed by atoms with E-state index < -0.39 is 22.8 Å². The van der Waals surface area contributed by atoms with Crippen LogP contribution in [0.2, 0.25) is 0 Å². The Hall–Kier alpha value is -1.62. The van der Waals surface area contributed by atoms with Crippen molar-refractivity contribution in [1.82, 2.24) is 19.5 Å². The van der Waals surface area contributed by atoms with Gasteiger partial charge in [0.1, 0.15) is 17.0 Å². The van der Waals surface area contributed by atoms with Crippen molar-refractivity contribution in [2.24, 2.45) is 0 Å². The number of thioether (sulfide) groups is 1. The molecule has 0 amide bonds. The van der Waals surface area contributed by atoms with E-state index in [1.807, 2.05) is 0 Å². The topological polar surface area (TPSA) is 156 Å². The van der Waals surface area contributed by atoms with Gasteiger partial charge >= 0.3 is 0 Å². The number of fused-ring (bicyclic) bond motifs is 1. The van der Waals surface area contributed by atoms with Crippen LogP contribution in [0.3, 0.4) is 0 Å². The molecule has 2 aromatic rings. The molecule has 3 heterocycles. The lowest BCUT2D eigenvalue weighted by molar-refractivity contribution is 0.0113. The zero-order valence-electron chi connectivity index (χ0n) is 10.3. The lowest BCUT2D eigenvalue weighted by Crippen LogP contribution is -2.32. The summed E-state index contributed by atoms with van der Waals surface area (Å²) >= 11 is 1.24. The van der Waals surface area contributed by atoms with Gasteiger partial charge in [0, 0.05) is 0 Å².